The quantitative estimate of drug-likeness (QED) is 0.758. The molecule has 0 bridgehead atoms. The minimum absolute atomic E-state index is 0.205. The minimum Gasteiger partial charge on any atom is -0.330 e. The molecule has 0 aliphatic carbocycles. The van der Waals surface area contributed by atoms with Gasteiger partial charge < -0.3 is 5.73 Å². The lowest BCUT2D eigenvalue weighted by Gasteiger charge is -2.17. The molecule has 3 aromatic rings. The van der Waals surface area contributed by atoms with Gasteiger partial charge in [0.2, 0.25) is 0 Å². The Bertz CT molecular complexity index is 729. The highest BCUT2D eigenvalue weighted by molar-refractivity contribution is 5.85. The smallest absolute Gasteiger partial charge is 0.123 e. The van der Waals surface area contributed by atoms with Crippen LogP contribution in [-0.4, -0.2) is 6.54 Å². The lowest BCUT2D eigenvalue weighted by molar-refractivity contribution is 0.623. The summed E-state index contributed by atoms with van der Waals surface area (Å²) in [6.45, 7) is 0.550. The zero-order chi connectivity index (χ0) is 14.7. The van der Waals surface area contributed by atoms with Crippen LogP contribution in [0.3, 0.4) is 0 Å². The van der Waals surface area contributed by atoms with Crippen LogP contribution in [0.15, 0.2) is 66.7 Å². The Labute approximate surface area is 124 Å². The van der Waals surface area contributed by atoms with Gasteiger partial charge in [0, 0.05) is 5.92 Å². The Hall–Kier alpha value is -2.19. The Morgan fingerprint density at radius 2 is 1.57 bits per heavy atom. The van der Waals surface area contributed by atoms with E-state index < -0.39 is 0 Å². The molecule has 21 heavy (non-hydrogen) atoms. The average molecular weight is 279 g/mol. The van der Waals surface area contributed by atoms with Crippen LogP contribution in [-0.2, 0) is 6.42 Å². The van der Waals surface area contributed by atoms with Gasteiger partial charge in [-0.2, -0.15) is 0 Å². The molecule has 0 saturated heterocycles. The van der Waals surface area contributed by atoms with E-state index in [1.165, 1.54) is 28.5 Å². The summed E-state index contributed by atoms with van der Waals surface area (Å²) in [5.41, 5.74) is 8.32. The number of nitrogens with two attached hydrogens (primary N) is 1. The largest absolute Gasteiger partial charge is 0.330 e. The van der Waals surface area contributed by atoms with Gasteiger partial charge in [0.1, 0.15) is 5.82 Å². The van der Waals surface area contributed by atoms with Crippen molar-refractivity contribution in [1.82, 2.24) is 0 Å². The van der Waals surface area contributed by atoms with Crippen LogP contribution < -0.4 is 5.73 Å². The summed E-state index contributed by atoms with van der Waals surface area (Å²) in [6, 6.07) is 21.4. The lowest BCUT2D eigenvalue weighted by atomic mass is 9.90. The third-order valence-electron chi connectivity index (χ3n) is 3.97. The fraction of sp³-hybridized carbons (Fsp3) is 0.158. The van der Waals surface area contributed by atoms with E-state index in [9.17, 15) is 4.39 Å². The predicted octanol–water partition coefficient (Wildman–Crippen LogP) is 4.26. The van der Waals surface area contributed by atoms with Gasteiger partial charge in [0.05, 0.1) is 0 Å². The standard InChI is InChI=1S/C19H18FN/c20-18-10-8-14(9-11-18)17(13-21)12-16-6-3-5-15-4-1-2-7-19(15)16/h1-11,17H,12-13,21H2. The molecule has 1 atom stereocenters. The maximum absolute atomic E-state index is 13.1. The molecule has 0 aliphatic heterocycles. The van der Waals surface area contributed by atoms with Gasteiger partial charge in [-0.25, -0.2) is 4.39 Å². The molecule has 0 saturated carbocycles. The minimum atomic E-state index is -0.209. The normalized spacial score (nSPS) is 12.5. The number of hydrogen-bond acceptors (Lipinski definition) is 1. The molecule has 3 rings (SSSR count). The number of hydrogen-bond donors (Lipinski definition) is 1. The van der Waals surface area contributed by atoms with Gasteiger partial charge in [-0.15, -0.1) is 0 Å². The maximum atomic E-state index is 13.1. The molecule has 1 unspecified atom stereocenters. The number of fused-ring (bicyclic) bond motifs is 1. The second-order valence-corrected chi connectivity index (χ2v) is 5.33. The van der Waals surface area contributed by atoms with Crippen molar-refractivity contribution in [2.24, 2.45) is 5.73 Å². The van der Waals surface area contributed by atoms with E-state index in [1.807, 2.05) is 18.2 Å². The molecule has 0 aromatic heterocycles. The SMILES string of the molecule is NCC(Cc1cccc2ccccc12)c1ccc(F)cc1. The molecule has 1 nitrogen and oxygen atoms in total. The molecule has 3 aromatic carbocycles. The number of benzene rings is 3. The van der Waals surface area contributed by atoms with Crippen LogP contribution in [0.2, 0.25) is 0 Å². The highest BCUT2D eigenvalue weighted by Crippen LogP contribution is 2.25. The second kappa shape index (κ2) is 6.06. The van der Waals surface area contributed by atoms with Crippen molar-refractivity contribution in [3.63, 3.8) is 0 Å². The zero-order valence-electron chi connectivity index (χ0n) is 11.8. The summed E-state index contributed by atoms with van der Waals surface area (Å²) in [7, 11) is 0. The fourth-order valence-electron chi connectivity index (χ4n) is 2.81. The molecule has 2 heteroatoms. The van der Waals surface area contributed by atoms with Crippen molar-refractivity contribution in [3.8, 4) is 0 Å². The van der Waals surface area contributed by atoms with Crippen molar-refractivity contribution in [2.75, 3.05) is 6.54 Å². The summed E-state index contributed by atoms with van der Waals surface area (Å²) >= 11 is 0. The molecule has 0 amide bonds. The third kappa shape index (κ3) is 2.96. The molecular formula is C19H18FN. The van der Waals surface area contributed by atoms with E-state index in [0.29, 0.717) is 6.54 Å². The topological polar surface area (TPSA) is 26.0 Å². The Kier molecular flexibility index (Phi) is 3.98. The highest BCUT2D eigenvalue weighted by atomic mass is 19.1. The molecule has 0 fully saturated rings. The molecule has 0 heterocycles. The van der Waals surface area contributed by atoms with E-state index in [2.05, 4.69) is 36.4 Å². The summed E-state index contributed by atoms with van der Waals surface area (Å²) in [5, 5.41) is 2.51. The number of rotatable bonds is 4. The maximum Gasteiger partial charge on any atom is 0.123 e. The summed E-state index contributed by atoms with van der Waals surface area (Å²) in [4.78, 5) is 0. The first-order valence-electron chi connectivity index (χ1n) is 7.20. The highest BCUT2D eigenvalue weighted by Gasteiger charge is 2.12. The third-order valence-corrected chi connectivity index (χ3v) is 3.97. The van der Waals surface area contributed by atoms with Crippen LogP contribution in [0.5, 0.6) is 0 Å². The van der Waals surface area contributed by atoms with Crippen LogP contribution in [0, 0.1) is 5.82 Å². The summed E-state index contributed by atoms with van der Waals surface area (Å²) in [6.07, 6.45) is 0.865. The first kappa shape index (κ1) is 13.8. The second-order valence-electron chi connectivity index (χ2n) is 5.33. The summed E-state index contributed by atoms with van der Waals surface area (Å²) in [5.74, 6) is -0.00362. The first-order chi connectivity index (χ1) is 10.3. The number of halogens is 1. The van der Waals surface area contributed by atoms with E-state index in [-0.39, 0.29) is 11.7 Å². The lowest BCUT2D eigenvalue weighted by Crippen LogP contribution is -2.15. The van der Waals surface area contributed by atoms with Crippen molar-refractivity contribution in [3.05, 3.63) is 83.7 Å². The van der Waals surface area contributed by atoms with Crippen LogP contribution in [0.25, 0.3) is 10.8 Å². The molecule has 0 radical (unpaired) electrons. The van der Waals surface area contributed by atoms with Crippen LogP contribution >= 0.6 is 0 Å². The molecular weight excluding hydrogens is 261 g/mol. The van der Waals surface area contributed by atoms with Crippen molar-refractivity contribution >= 4 is 10.8 Å². The van der Waals surface area contributed by atoms with Crippen molar-refractivity contribution in [1.29, 1.82) is 0 Å². The Morgan fingerprint density at radius 1 is 0.857 bits per heavy atom. The van der Waals surface area contributed by atoms with E-state index in [0.717, 1.165) is 12.0 Å². The van der Waals surface area contributed by atoms with Gasteiger partial charge in [-0.1, -0.05) is 54.6 Å². The van der Waals surface area contributed by atoms with Crippen LogP contribution in [0.4, 0.5) is 4.39 Å². The van der Waals surface area contributed by atoms with Crippen LogP contribution in [0.1, 0.15) is 17.0 Å². The van der Waals surface area contributed by atoms with Gasteiger partial charge in [-0.3, -0.25) is 0 Å². The first-order valence-corrected chi connectivity index (χ1v) is 7.20. The summed E-state index contributed by atoms with van der Waals surface area (Å²) < 4.78 is 13.1. The van der Waals surface area contributed by atoms with Gasteiger partial charge >= 0.3 is 0 Å². The average Bonchev–Trinajstić information content (AvgIpc) is 2.54. The van der Waals surface area contributed by atoms with E-state index in [4.69, 9.17) is 5.73 Å². The monoisotopic (exact) mass is 279 g/mol. The Morgan fingerprint density at radius 3 is 2.33 bits per heavy atom. The van der Waals surface area contributed by atoms with E-state index >= 15 is 0 Å². The van der Waals surface area contributed by atoms with E-state index in [1.54, 1.807) is 0 Å². The molecule has 0 aliphatic rings. The van der Waals surface area contributed by atoms with Crippen molar-refractivity contribution < 1.29 is 4.39 Å². The molecule has 106 valence electrons. The Balaban J connectivity index is 1.94. The fourth-order valence-corrected chi connectivity index (χ4v) is 2.81. The zero-order valence-corrected chi connectivity index (χ0v) is 11.8. The van der Waals surface area contributed by atoms with Gasteiger partial charge in [0.15, 0.2) is 0 Å². The van der Waals surface area contributed by atoms with Gasteiger partial charge in [0.25, 0.3) is 0 Å². The van der Waals surface area contributed by atoms with Gasteiger partial charge in [-0.05, 0) is 47.0 Å². The predicted molar refractivity (Wildman–Crippen MR) is 85.8 cm³/mol. The molecule has 2 N–H and O–H groups in total. The molecule has 0 spiro atoms. The van der Waals surface area contributed by atoms with Crippen molar-refractivity contribution in [2.45, 2.75) is 12.3 Å².